The van der Waals surface area contributed by atoms with Crippen LogP contribution in [0.2, 0.25) is 0 Å². The molecule has 18 heavy (non-hydrogen) atoms. The number of carbonyl (C=O) groups is 1. The molecule has 2 N–H and O–H groups in total. The van der Waals surface area contributed by atoms with Gasteiger partial charge in [-0.1, -0.05) is 12.8 Å². The second-order valence-corrected chi connectivity index (χ2v) is 5.25. The highest BCUT2D eigenvalue weighted by molar-refractivity contribution is 5.91. The molecule has 0 amide bonds. The van der Waals surface area contributed by atoms with E-state index in [0.717, 1.165) is 11.4 Å². The lowest BCUT2D eigenvalue weighted by molar-refractivity contribution is 0.0697. The predicted molar refractivity (Wildman–Crippen MR) is 71.5 cm³/mol. The number of aromatic carboxylic acids is 1. The number of anilines is 2. The van der Waals surface area contributed by atoms with Crippen molar-refractivity contribution in [1.29, 1.82) is 0 Å². The van der Waals surface area contributed by atoms with Crippen LogP contribution in [0, 0.1) is 0 Å². The van der Waals surface area contributed by atoms with Crippen molar-refractivity contribution in [2.75, 3.05) is 17.3 Å². The zero-order valence-corrected chi connectivity index (χ0v) is 10.5. The molecule has 2 unspecified atom stereocenters. The van der Waals surface area contributed by atoms with Crippen LogP contribution in [0.5, 0.6) is 0 Å². The van der Waals surface area contributed by atoms with Crippen LogP contribution < -0.4 is 10.2 Å². The van der Waals surface area contributed by atoms with Gasteiger partial charge in [0.2, 0.25) is 0 Å². The van der Waals surface area contributed by atoms with E-state index in [1.54, 1.807) is 12.1 Å². The Hall–Kier alpha value is -1.71. The molecule has 1 fully saturated rings. The maximum Gasteiger partial charge on any atom is 0.335 e. The van der Waals surface area contributed by atoms with Gasteiger partial charge in [0.05, 0.1) is 16.9 Å². The van der Waals surface area contributed by atoms with Crippen molar-refractivity contribution < 1.29 is 9.90 Å². The Balaban J connectivity index is 1.99. The Bertz CT molecular complexity index is 487. The Morgan fingerprint density at radius 1 is 1.39 bits per heavy atom. The minimum Gasteiger partial charge on any atom is -0.478 e. The summed E-state index contributed by atoms with van der Waals surface area (Å²) in [4.78, 5) is 13.3. The topological polar surface area (TPSA) is 52.6 Å². The van der Waals surface area contributed by atoms with Crippen LogP contribution in [0.4, 0.5) is 11.4 Å². The average molecular weight is 246 g/mol. The van der Waals surface area contributed by atoms with Gasteiger partial charge in [-0.15, -0.1) is 0 Å². The van der Waals surface area contributed by atoms with E-state index in [1.807, 2.05) is 6.07 Å². The molecule has 1 aliphatic heterocycles. The summed E-state index contributed by atoms with van der Waals surface area (Å²) in [5.41, 5.74) is 2.43. The second kappa shape index (κ2) is 4.19. The summed E-state index contributed by atoms with van der Waals surface area (Å²) in [6, 6.07) is 6.34. The zero-order chi connectivity index (χ0) is 12.7. The Kier molecular flexibility index (Phi) is 2.65. The fourth-order valence-corrected chi connectivity index (χ4v) is 3.20. The number of carboxylic acids is 1. The van der Waals surface area contributed by atoms with Gasteiger partial charge in [0.1, 0.15) is 0 Å². The van der Waals surface area contributed by atoms with Crippen LogP contribution in [0.1, 0.15) is 36.0 Å². The van der Waals surface area contributed by atoms with Gasteiger partial charge >= 0.3 is 5.97 Å². The molecular weight excluding hydrogens is 228 g/mol. The van der Waals surface area contributed by atoms with E-state index in [0.29, 0.717) is 17.6 Å². The average Bonchev–Trinajstić information content (AvgIpc) is 2.38. The summed E-state index contributed by atoms with van der Waals surface area (Å²) in [6.07, 6.45) is 4.94. The van der Waals surface area contributed by atoms with E-state index in [1.165, 1.54) is 25.7 Å². The van der Waals surface area contributed by atoms with E-state index in [-0.39, 0.29) is 0 Å². The van der Waals surface area contributed by atoms with Gasteiger partial charge in [-0.25, -0.2) is 4.79 Å². The normalized spacial score (nSPS) is 25.9. The van der Waals surface area contributed by atoms with Crippen molar-refractivity contribution in [3.05, 3.63) is 23.8 Å². The van der Waals surface area contributed by atoms with Crippen molar-refractivity contribution in [2.45, 2.75) is 37.8 Å². The van der Waals surface area contributed by atoms with Crippen molar-refractivity contribution in [3.8, 4) is 0 Å². The van der Waals surface area contributed by atoms with Gasteiger partial charge < -0.3 is 15.3 Å². The SMILES string of the molecule is CN1c2cc(C(=O)O)ccc2NC2CCCCC21. The summed E-state index contributed by atoms with van der Waals surface area (Å²) < 4.78 is 0. The molecule has 96 valence electrons. The van der Waals surface area contributed by atoms with Gasteiger partial charge in [-0.3, -0.25) is 0 Å². The first-order valence-electron chi connectivity index (χ1n) is 6.53. The largest absolute Gasteiger partial charge is 0.478 e. The molecular formula is C14H18N2O2. The first-order chi connectivity index (χ1) is 8.66. The van der Waals surface area contributed by atoms with Crippen molar-refractivity contribution in [2.24, 2.45) is 0 Å². The van der Waals surface area contributed by atoms with Crippen molar-refractivity contribution in [3.63, 3.8) is 0 Å². The smallest absolute Gasteiger partial charge is 0.335 e. The molecule has 0 aromatic heterocycles. The van der Waals surface area contributed by atoms with E-state index in [2.05, 4.69) is 17.3 Å². The zero-order valence-electron chi connectivity index (χ0n) is 10.5. The van der Waals surface area contributed by atoms with E-state index < -0.39 is 5.97 Å². The summed E-state index contributed by atoms with van der Waals surface area (Å²) in [6.45, 7) is 0. The van der Waals surface area contributed by atoms with Crippen LogP contribution in [-0.4, -0.2) is 30.2 Å². The number of hydrogen-bond donors (Lipinski definition) is 2. The van der Waals surface area contributed by atoms with Gasteiger partial charge in [0, 0.05) is 19.1 Å². The third kappa shape index (κ3) is 1.72. The fraction of sp³-hybridized carbons (Fsp3) is 0.500. The van der Waals surface area contributed by atoms with Gasteiger partial charge in [0.25, 0.3) is 0 Å². The third-order valence-corrected chi connectivity index (χ3v) is 4.19. The van der Waals surface area contributed by atoms with Crippen LogP contribution in [0.3, 0.4) is 0 Å². The minimum absolute atomic E-state index is 0.358. The molecule has 1 aromatic rings. The first kappa shape index (κ1) is 11.4. The molecule has 0 radical (unpaired) electrons. The Morgan fingerprint density at radius 2 is 2.17 bits per heavy atom. The molecule has 1 heterocycles. The summed E-state index contributed by atoms with van der Waals surface area (Å²) in [7, 11) is 2.08. The molecule has 2 atom stereocenters. The highest BCUT2D eigenvalue weighted by atomic mass is 16.4. The lowest BCUT2D eigenvalue weighted by atomic mass is 9.87. The van der Waals surface area contributed by atoms with Crippen molar-refractivity contribution >= 4 is 17.3 Å². The molecule has 4 heteroatoms. The highest BCUT2D eigenvalue weighted by Gasteiger charge is 2.33. The molecule has 1 saturated carbocycles. The highest BCUT2D eigenvalue weighted by Crippen LogP contribution is 2.38. The summed E-state index contributed by atoms with van der Waals surface area (Å²) >= 11 is 0. The molecule has 3 rings (SSSR count). The maximum atomic E-state index is 11.0. The lowest BCUT2D eigenvalue weighted by Crippen LogP contribution is -2.50. The number of carboxylic acid groups (broad SMARTS) is 1. The molecule has 0 saturated heterocycles. The van der Waals surface area contributed by atoms with Crippen LogP contribution in [-0.2, 0) is 0 Å². The molecule has 4 nitrogen and oxygen atoms in total. The summed E-state index contributed by atoms with van der Waals surface area (Å²) in [5.74, 6) is -0.864. The first-order valence-corrected chi connectivity index (χ1v) is 6.53. The number of nitrogens with zero attached hydrogens (tertiary/aromatic N) is 1. The number of rotatable bonds is 1. The standard InChI is InChI=1S/C14H18N2O2/c1-16-12-5-3-2-4-10(12)15-11-7-6-9(14(17)18)8-13(11)16/h6-8,10,12,15H,2-5H2,1H3,(H,17,18). The van der Waals surface area contributed by atoms with E-state index in [4.69, 9.17) is 5.11 Å². The number of likely N-dealkylation sites (N-methyl/N-ethyl adjacent to an activating group) is 1. The molecule has 2 aliphatic rings. The molecule has 0 spiro atoms. The number of nitrogens with one attached hydrogen (secondary N) is 1. The van der Waals surface area contributed by atoms with Gasteiger partial charge in [-0.05, 0) is 31.0 Å². The lowest BCUT2D eigenvalue weighted by Gasteiger charge is -2.45. The molecule has 0 bridgehead atoms. The van der Waals surface area contributed by atoms with Crippen LogP contribution >= 0.6 is 0 Å². The van der Waals surface area contributed by atoms with Gasteiger partial charge in [0.15, 0.2) is 0 Å². The van der Waals surface area contributed by atoms with Gasteiger partial charge in [-0.2, -0.15) is 0 Å². The molecule has 1 aromatic carbocycles. The minimum atomic E-state index is -0.864. The molecule has 1 aliphatic carbocycles. The monoisotopic (exact) mass is 246 g/mol. The second-order valence-electron chi connectivity index (χ2n) is 5.25. The Labute approximate surface area is 107 Å². The van der Waals surface area contributed by atoms with E-state index in [9.17, 15) is 4.79 Å². The van der Waals surface area contributed by atoms with Crippen LogP contribution in [0.15, 0.2) is 18.2 Å². The Morgan fingerprint density at radius 3 is 2.94 bits per heavy atom. The quantitative estimate of drug-likeness (QED) is 0.799. The number of fused-ring (bicyclic) bond motifs is 2. The third-order valence-electron chi connectivity index (χ3n) is 4.19. The predicted octanol–water partition coefficient (Wildman–Crippen LogP) is 2.56. The number of hydrogen-bond acceptors (Lipinski definition) is 3. The number of benzene rings is 1. The summed E-state index contributed by atoms with van der Waals surface area (Å²) in [5, 5.41) is 12.6. The van der Waals surface area contributed by atoms with Crippen molar-refractivity contribution in [1.82, 2.24) is 0 Å². The van der Waals surface area contributed by atoms with Crippen LogP contribution in [0.25, 0.3) is 0 Å². The maximum absolute atomic E-state index is 11.0. The van der Waals surface area contributed by atoms with E-state index >= 15 is 0 Å². The fourth-order valence-electron chi connectivity index (χ4n) is 3.20.